The second-order valence-electron chi connectivity index (χ2n) is 5.76. The Bertz CT molecular complexity index is 523. The third kappa shape index (κ3) is 20.6. The smallest absolute Gasteiger partial charge is 0.789 e. The number of rotatable bonds is 16. The van der Waals surface area contributed by atoms with Gasteiger partial charge in [-0.25, -0.2) is 4.38 Å². The van der Waals surface area contributed by atoms with Gasteiger partial charge in [-0.2, -0.15) is 0 Å². The van der Waals surface area contributed by atoms with E-state index >= 15 is 0 Å². The Morgan fingerprint density at radius 1 is 0.844 bits per heavy atom. The number of thiocarbonyl (C=S) groups is 2. The van der Waals surface area contributed by atoms with E-state index < -0.39 is 8.80 Å². The van der Waals surface area contributed by atoms with Crippen LogP contribution in [0.4, 0.5) is 0 Å². The van der Waals surface area contributed by atoms with Gasteiger partial charge < -0.3 is 78.2 Å². The van der Waals surface area contributed by atoms with Crippen LogP contribution in [0.15, 0.2) is 4.99 Å². The van der Waals surface area contributed by atoms with E-state index in [2.05, 4.69) is 17.6 Å². The summed E-state index contributed by atoms with van der Waals surface area (Å²) in [6.07, 6.45) is 0.799. The van der Waals surface area contributed by atoms with Gasteiger partial charge in [-0.1, -0.05) is 16.5 Å². The summed E-state index contributed by atoms with van der Waals surface area (Å²) in [4.78, 5) is 7.95. The number of thiol groups is 1. The topological polar surface area (TPSA) is 46.5 Å². The molecular formula is C16H30N3Na3O3S6Si. The fraction of sp³-hybridized carbons (Fsp3) is 0.812. The molecule has 0 amide bonds. The monoisotopic (exact) mass is 601 g/mol. The molecule has 0 unspecified atom stereocenters. The van der Waals surface area contributed by atoms with E-state index in [1.54, 1.807) is 0 Å². The molecule has 0 radical (unpaired) electrons. The van der Waals surface area contributed by atoms with E-state index in [0.717, 1.165) is 6.42 Å². The molecule has 0 aliphatic heterocycles. The summed E-state index contributed by atoms with van der Waals surface area (Å²) in [6.45, 7) is 10.5. The Morgan fingerprint density at radius 3 is 1.69 bits per heavy atom. The summed E-state index contributed by atoms with van der Waals surface area (Å²) in [5.41, 5.74) is 0. The maximum Gasteiger partial charge on any atom is 1.00 e. The molecule has 0 aromatic rings. The number of hydrogen-bond donors (Lipinski definition) is 1. The van der Waals surface area contributed by atoms with Gasteiger partial charge in [0.05, 0.1) is 6.54 Å². The van der Waals surface area contributed by atoms with Gasteiger partial charge in [-0.15, -0.1) is 12.6 Å². The fourth-order valence-electron chi connectivity index (χ4n) is 2.59. The summed E-state index contributed by atoms with van der Waals surface area (Å²) in [7, 11) is -2.67. The third-order valence-electron chi connectivity index (χ3n) is 3.78. The molecule has 0 saturated heterocycles. The Hall–Kier alpha value is 3.56. The van der Waals surface area contributed by atoms with Crippen molar-refractivity contribution in [3.63, 3.8) is 0 Å². The molecular weight excluding hydrogens is 572 g/mol. The van der Waals surface area contributed by atoms with Gasteiger partial charge in [0.2, 0.25) is 0 Å². The molecule has 0 bridgehead atoms. The quantitative estimate of drug-likeness (QED) is 0.0462. The summed E-state index contributed by atoms with van der Waals surface area (Å²) in [5.74, 6) is 0. The predicted octanol–water partition coefficient (Wildman–Crippen LogP) is -6.46. The SMILES string of the molecule is CCO[Si](CCCN(CCN(CCN=C([S-])[S-])C(=S)S)C(=S)[S-])(OCC)OCC.[Na+].[Na+].[Na+]. The largest absolute Gasteiger partial charge is 1.00 e. The van der Waals surface area contributed by atoms with Crippen LogP contribution in [0, 0.1) is 0 Å². The molecule has 0 fully saturated rings. The molecule has 6 nitrogen and oxygen atoms in total. The normalized spacial score (nSPS) is 10.1. The van der Waals surface area contributed by atoms with Crippen LogP contribution in [-0.4, -0.2) is 84.2 Å². The van der Waals surface area contributed by atoms with Gasteiger partial charge in [-0.05, 0) is 27.2 Å². The zero-order valence-corrected chi connectivity index (χ0v) is 32.1. The molecule has 0 aliphatic carbocycles. The molecule has 16 heteroatoms. The minimum atomic E-state index is -2.67. The Labute approximate surface area is 294 Å². The van der Waals surface area contributed by atoms with Crippen LogP contribution in [0.25, 0.3) is 0 Å². The van der Waals surface area contributed by atoms with E-state index in [0.29, 0.717) is 67.2 Å². The average Bonchev–Trinajstić information content (AvgIpc) is 2.62. The Balaban J connectivity index is -0.00000131. The van der Waals surface area contributed by atoms with Crippen molar-refractivity contribution in [3.8, 4) is 0 Å². The number of hydrogen-bond acceptors (Lipinski definition) is 9. The fourth-order valence-corrected chi connectivity index (χ4v) is 6.11. The van der Waals surface area contributed by atoms with Gasteiger partial charge >= 0.3 is 97.5 Å². The second kappa shape index (κ2) is 26.2. The van der Waals surface area contributed by atoms with Gasteiger partial charge in [0.1, 0.15) is 4.32 Å². The van der Waals surface area contributed by atoms with Crippen molar-refractivity contribution in [2.24, 2.45) is 4.99 Å². The molecule has 170 valence electrons. The Morgan fingerprint density at radius 2 is 1.31 bits per heavy atom. The van der Waals surface area contributed by atoms with Crippen LogP contribution in [0.1, 0.15) is 27.2 Å². The minimum absolute atomic E-state index is 0. The number of nitrogens with zero attached hydrogens (tertiary/aromatic N) is 3. The molecule has 0 rings (SSSR count). The molecule has 0 spiro atoms. The first kappa shape index (κ1) is 42.6. The third-order valence-corrected chi connectivity index (χ3v) is 8.25. The van der Waals surface area contributed by atoms with E-state index in [-0.39, 0.29) is 93.0 Å². The molecule has 0 saturated carbocycles. The Kier molecular flexibility index (Phi) is 34.9. The van der Waals surface area contributed by atoms with Crippen molar-refractivity contribution in [1.29, 1.82) is 0 Å². The van der Waals surface area contributed by atoms with Gasteiger partial charge in [0, 0.05) is 52.0 Å². The minimum Gasteiger partial charge on any atom is -0.789 e. The molecule has 0 atom stereocenters. The van der Waals surface area contributed by atoms with Crippen molar-refractivity contribution >= 4 is 96.8 Å². The average molecular weight is 602 g/mol. The van der Waals surface area contributed by atoms with Crippen LogP contribution < -0.4 is 88.7 Å². The molecule has 0 aromatic carbocycles. The summed E-state index contributed by atoms with van der Waals surface area (Å²) < 4.78 is 18.8. The van der Waals surface area contributed by atoms with Crippen molar-refractivity contribution in [2.75, 3.05) is 52.5 Å². The van der Waals surface area contributed by atoms with E-state index in [1.165, 1.54) is 0 Å². The first-order valence-electron chi connectivity index (χ1n) is 9.45. The van der Waals surface area contributed by atoms with Crippen molar-refractivity contribution in [1.82, 2.24) is 9.80 Å². The zero-order chi connectivity index (χ0) is 22.3. The summed E-state index contributed by atoms with van der Waals surface area (Å²) >= 11 is 29.6. The van der Waals surface area contributed by atoms with Crippen LogP contribution in [-0.2, 0) is 51.2 Å². The molecule has 0 aromatic heterocycles. The molecule has 0 N–H and O–H groups in total. The number of aliphatic imine (C=N–C) groups is 1. The molecule has 32 heavy (non-hydrogen) atoms. The molecule has 0 heterocycles. The second-order valence-corrected chi connectivity index (χ2v) is 11.7. The maximum absolute atomic E-state index is 5.90. The van der Waals surface area contributed by atoms with Gasteiger partial charge in [0.25, 0.3) is 0 Å². The van der Waals surface area contributed by atoms with Crippen molar-refractivity contribution in [2.45, 2.75) is 33.2 Å². The molecule has 0 aliphatic rings. The van der Waals surface area contributed by atoms with Gasteiger partial charge in [-0.3, -0.25) is 0 Å². The first-order chi connectivity index (χ1) is 13.7. The van der Waals surface area contributed by atoms with Gasteiger partial charge in [0.15, 0.2) is 0 Å². The van der Waals surface area contributed by atoms with Crippen LogP contribution in [0.3, 0.4) is 0 Å². The van der Waals surface area contributed by atoms with E-state index in [4.69, 9.17) is 75.6 Å². The maximum atomic E-state index is 5.90. The summed E-state index contributed by atoms with van der Waals surface area (Å²) in [6, 6.07) is 0.709. The van der Waals surface area contributed by atoms with Crippen molar-refractivity contribution in [3.05, 3.63) is 0 Å². The van der Waals surface area contributed by atoms with Crippen LogP contribution in [0.5, 0.6) is 0 Å². The standard InChI is InChI=1S/C16H33N3O3S6Si.3Na/c1-4-20-29(21-5-2,22-6-3)13-7-9-18(15(25)26)11-12-19(16(27)28)10-8-17-14(23)24;;;/h4-13H2,1-3H3,(H,25,26)(H,27,28)(H2,17,23,24);;;/q;3*+1/p-3. The predicted molar refractivity (Wildman–Crippen MR) is 142 cm³/mol. The zero-order valence-electron chi connectivity index (χ0n) is 20.1. The van der Waals surface area contributed by atoms with Crippen LogP contribution in [0.2, 0.25) is 6.04 Å². The van der Waals surface area contributed by atoms with Crippen LogP contribution >= 0.6 is 37.1 Å². The first-order valence-corrected chi connectivity index (χ1v) is 13.9. The van der Waals surface area contributed by atoms with E-state index in [9.17, 15) is 0 Å². The summed E-state index contributed by atoms with van der Waals surface area (Å²) in [5, 5.41) is 0. The van der Waals surface area contributed by atoms with Crippen molar-refractivity contribution < 1.29 is 102 Å². The van der Waals surface area contributed by atoms with E-state index in [1.807, 2.05) is 30.6 Å².